The summed E-state index contributed by atoms with van der Waals surface area (Å²) in [5.41, 5.74) is 0.332. The first-order valence-electron chi connectivity index (χ1n) is 11.0. The number of sulfonamides is 1. The first-order valence-corrected chi connectivity index (χ1v) is 13.2. The molecule has 0 saturated heterocycles. The summed E-state index contributed by atoms with van der Waals surface area (Å²) in [6.07, 6.45) is 6.37. The van der Waals surface area contributed by atoms with Gasteiger partial charge in [-0.2, -0.15) is 9.30 Å². The van der Waals surface area contributed by atoms with E-state index in [0.29, 0.717) is 4.70 Å². The average molecular weight is 506 g/mol. The Morgan fingerprint density at radius 2 is 1.88 bits per heavy atom. The van der Waals surface area contributed by atoms with Crippen molar-refractivity contribution in [3.8, 4) is 0 Å². The van der Waals surface area contributed by atoms with Gasteiger partial charge in [-0.05, 0) is 43.2 Å². The largest absolute Gasteiger partial charge is 0.310 e. The maximum absolute atomic E-state index is 14.4. The zero-order chi connectivity index (χ0) is 24.5. The fourth-order valence-corrected chi connectivity index (χ4v) is 6.73. The number of hydrogen-bond acceptors (Lipinski definition) is 4. The van der Waals surface area contributed by atoms with Crippen LogP contribution in [0.25, 0.3) is 10.2 Å². The SMILES string of the molecule is C=CCn1c(=NC(=O)c2ccc(S(=O)(=O)N(C)C3CCCCC3)cc2)sc2cc(F)cc(F)c21. The summed E-state index contributed by atoms with van der Waals surface area (Å²) in [6.45, 7) is 3.83. The van der Waals surface area contributed by atoms with Crippen LogP contribution in [-0.4, -0.2) is 36.3 Å². The van der Waals surface area contributed by atoms with Crippen molar-refractivity contribution in [3.63, 3.8) is 0 Å². The number of amides is 1. The highest BCUT2D eigenvalue weighted by Crippen LogP contribution is 2.27. The lowest BCUT2D eigenvalue weighted by molar-refractivity contribution is 0.0997. The molecule has 1 aliphatic rings. The topological polar surface area (TPSA) is 71.7 Å². The maximum Gasteiger partial charge on any atom is 0.279 e. The number of hydrogen-bond donors (Lipinski definition) is 0. The summed E-state index contributed by atoms with van der Waals surface area (Å²) in [4.78, 5) is 17.2. The van der Waals surface area contributed by atoms with E-state index in [1.165, 1.54) is 45.3 Å². The molecular weight excluding hydrogens is 480 g/mol. The van der Waals surface area contributed by atoms with Gasteiger partial charge >= 0.3 is 0 Å². The van der Waals surface area contributed by atoms with Gasteiger partial charge in [0, 0.05) is 31.3 Å². The number of halogens is 2. The molecule has 0 aliphatic heterocycles. The molecule has 6 nitrogen and oxygen atoms in total. The van der Waals surface area contributed by atoms with E-state index in [2.05, 4.69) is 11.6 Å². The first kappa shape index (κ1) is 24.4. The lowest BCUT2D eigenvalue weighted by Crippen LogP contribution is -2.38. The van der Waals surface area contributed by atoms with Gasteiger partial charge in [-0.1, -0.05) is 36.7 Å². The smallest absolute Gasteiger partial charge is 0.279 e. The molecule has 0 radical (unpaired) electrons. The molecule has 3 aromatic rings. The zero-order valence-electron chi connectivity index (χ0n) is 18.7. The van der Waals surface area contributed by atoms with Crippen molar-refractivity contribution >= 4 is 37.5 Å². The minimum Gasteiger partial charge on any atom is -0.310 e. The molecule has 0 unspecified atom stereocenters. The molecule has 1 amide bonds. The molecule has 1 aromatic heterocycles. The van der Waals surface area contributed by atoms with Crippen molar-refractivity contribution in [3.05, 3.63) is 71.1 Å². The number of rotatable bonds is 6. The summed E-state index contributed by atoms with van der Waals surface area (Å²) in [6, 6.07) is 7.58. The maximum atomic E-state index is 14.4. The highest BCUT2D eigenvalue weighted by molar-refractivity contribution is 7.89. The van der Waals surface area contributed by atoms with E-state index in [1.54, 1.807) is 7.05 Å². The Kier molecular flexibility index (Phi) is 7.11. The van der Waals surface area contributed by atoms with Crippen LogP contribution in [0.2, 0.25) is 0 Å². The van der Waals surface area contributed by atoms with Crippen LogP contribution in [0.4, 0.5) is 8.78 Å². The van der Waals surface area contributed by atoms with E-state index in [0.717, 1.165) is 49.5 Å². The van der Waals surface area contributed by atoms with E-state index >= 15 is 0 Å². The van der Waals surface area contributed by atoms with Crippen LogP contribution in [0.3, 0.4) is 0 Å². The summed E-state index contributed by atoms with van der Waals surface area (Å²) in [7, 11) is -2.08. The highest BCUT2D eigenvalue weighted by atomic mass is 32.2. The minimum atomic E-state index is -3.68. The predicted octanol–water partition coefficient (Wildman–Crippen LogP) is 4.86. The molecule has 34 heavy (non-hydrogen) atoms. The third-order valence-corrected chi connectivity index (χ3v) is 9.02. The van der Waals surface area contributed by atoms with Gasteiger partial charge in [0.15, 0.2) is 10.6 Å². The molecule has 4 rings (SSSR count). The van der Waals surface area contributed by atoms with Crippen molar-refractivity contribution in [2.45, 2.75) is 49.6 Å². The van der Waals surface area contributed by atoms with E-state index in [4.69, 9.17) is 0 Å². The summed E-state index contributed by atoms with van der Waals surface area (Å²) in [5.74, 6) is -2.08. The van der Waals surface area contributed by atoms with Crippen LogP contribution in [0.15, 0.2) is 58.9 Å². The van der Waals surface area contributed by atoms with Crippen LogP contribution in [0, 0.1) is 11.6 Å². The van der Waals surface area contributed by atoms with Gasteiger partial charge in [0.05, 0.1) is 15.1 Å². The number of fused-ring (bicyclic) bond motifs is 1. The third-order valence-electron chi connectivity index (χ3n) is 6.07. The molecule has 10 heteroatoms. The quantitative estimate of drug-likeness (QED) is 0.449. The molecule has 1 fully saturated rings. The number of thiazole rings is 1. The second kappa shape index (κ2) is 9.89. The molecule has 0 spiro atoms. The Labute approximate surface area is 200 Å². The van der Waals surface area contributed by atoms with Gasteiger partial charge in [-0.15, -0.1) is 6.58 Å². The van der Waals surface area contributed by atoms with Crippen molar-refractivity contribution in [1.82, 2.24) is 8.87 Å². The third kappa shape index (κ3) is 4.75. The fourth-order valence-electron chi connectivity index (χ4n) is 4.24. The standard InChI is InChI=1S/C24H25F2N3O3S2/c1-3-13-29-22-20(26)14-17(25)15-21(22)33-24(29)27-23(30)16-9-11-19(12-10-16)34(31,32)28(2)18-7-5-4-6-8-18/h3,9-12,14-15,18H,1,4-8,13H2,2H3. The van der Waals surface area contributed by atoms with Crippen LogP contribution >= 0.6 is 11.3 Å². The van der Waals surface area contributed by atoms with Gasteiger partial charge in [0.25, 0.3) is 5.91 Å². The number of aromatic nitrogens is 1. The normalized spacial score (nSPS) is 15.8. The Bertz CT molecular complexity index is 1400. The molecule has 0 atom stereocenters. The lowest BCUT2D eigenvalue weighted by Gasteiger charge is -2.30. The highest BCUT2D eigenvalue weighted by Gasteiger charge is 2.29. The second-order valence-corrected chi connectivity index (χ2v) is 11.3. The Hall–Kier alpha value is -2.69. The molecule has 1 saturated carbocycles. The Morgan fingerprint density at radius 1 is 1.21 bits per heavy atom. The van der Waals surface area contributed by atoms with Gasteiger partial charge in [0.1, 0.15) is 5.82 Å². The summed E-state index contributed by atoms with van der Waals surface area (Å²) >= 11 is 0.987. The predicted molar refractivity (Wildman–Crippen MR) is 128 cm³/mol. The lowest BCUT2D eigenvalue weighted by atomic mass is 9.96. The molecular formula is C24H25F2N3O3S2. The van der Waals surface area contributed by atoms with E-state index < -0.39 is 27.6 Å². The van der Waals surface area contributed by atoms with Gasteiger partial charge < -0.3 is 4.57 Å². The van der Waals surface area contributed by atoms with E-state index in [-0.39, 0.29) is 33.4 Å². The van der Waals surface area contributed by atoms with Crippen molar-refractivity contribution < 1.29 is 22.0 Å². The van der Waals surface area contributed by atoms with Crippen molar-refractivity contribution in [1.29, 1.82) is 0 Å². The fraction of sp³-hybridized carbons (Fsp3) is 0.333. The Morgan fingerprint density at radius 3 is 2.53 bits per heavy atom. The molecule has 0 bridgehead atoms. The first-order chi connectivity index (χ1) is 16.2. The van der Waals surface area contributed by atoms with Crippen LogP contribution < -0.4 is 4.80 Å². The number of nitrogens with zero attached hydrogens (tertiary/aromatic N) is 3. The van der Waals surface area contributed by atoms with Gasteiger partial charge in [-0.3, -0.25) is 4.79 Å². The molecule has 2 aromatic carbocycles. The van der Waals surface area contributed by atoms with E-state index in [9.17, 15) is 22.0 Å². The van der Waals surface area contributed by atoms with E-state index in [1.807, 2.05) is 0 Å². The second-order valence-electron chi connectivity index (χ2n) is 8.27. The minimum absolute atomic E-state index is 0.0199. The molecule has 1 aliphatic carbocycles. The number of allylic oxidation sites excluding steroid dienone is 1. The van der Waals surface area contributed by atoms with Gasteiger partial charge in [-0.25, -0.2) is 17.2 Å². The number of benzene rings is 2. The Balaban J connectivity index is 1.64. The molecule has 180 valence electrons. The average Bonchev–Trinajstić information content (AvgIpc) is 3.16. The number of carbonyl (C=O) groups is 1. The molecule has 1 heterocycles. The number of carbonyl (C=O) groups excluding carboxylic acids is 1. The zero-order valence-corrected chi connectivity index (χ0v) is 20.3. The van der Waals surface area contributed by atoms with Crippen molar-refractivity contribution in [2.24, 2.45) is 4.99 Å². The van der Waals surface area contributed by atoms with Crippen LogP contribution in [-0.2, 0) is 16.6 Å². The summed E-state index contributed by atoms with van der Waals surface area (Å²) in [5, 5.41) is 0. The summed E-state index contributed by atoms with van der Waals surface area (Å²) < 4.78 is 57.3. The monoisotopic (exact) mass is 505 g/mol. The van der Waals surface area contributed by atoms with Crippen LogP contribution in [0.5, 0.6) is 0 Å². The van der Waals surface area contributed by atoms with Gasteiger partial charge in [0.2, 0.25) is 10.0 Å². The molecule has 0 N–H and O–H groups in total. The van der Waals surface area contributed by atoms with Crippen molar-refractivity contribution in [2.75, 3.05) is 7.05 Å². The van der Waals surface area contributed by atoms with Crippen LogP contribution in [0.1, 0.15) is 42.5 Å².